The molecule has 1 saturated heterocycles. The first kappa shape index (κ1) is 14.2. The molecule has 2 atom stereocenters. The fourth-order valence-electron chi connectivity index (χ4n) is 2.57. The summed E-state index contributed by atoms with van der Waals surface area (Å²) in [5.41, 5.74) is 6.81. The van der Waals surface area contributed by atoms with E-state index < -0.39 is 0 Å². The van der Waals surface area contributed by atoms with Crippen molar-refractivity contribution in [2.45, 2.75) is 18.9 Å². The van der Waals surface area contributed by atoms with Crippen LogP contribution in [0.2, 0.25) is 0 Å². The van der Waals surface area contributed by atoms with Crippen LogP contribution in [0.15, 0.2) is 18.2 Å². The third kappa shape index (κ3) is 4.45. The number of rotatable bonds is 7. The molecule has 2 heterocycles. The van der Waals surface area contributed by atoms with Gasteiger partial charge in [-0.2, -0.15) is 0 Å². The predicted molar refractivity (Wildman–Crippen MR) is 77.0 cm³/mol. The lowest BCUT2D eigenvalue weighted by molar-refractivity contribution is 0.192. The second kappa shape index (κ2) is 7.43. The van der Waals surface area contributed by atoms with Crippen molar-refractivity contribution in [1.82, 2.24) is 15.6 Å². The molecule has 4 N–H and O–H groups in total. The van der Waals surface area contributed by atoms with Gasteiger partial charge in [0, 0.05) is 32.0 Å². The lowest BCUT2D eigenvalue weighted by atomic mass is 9.97. The van der Waals surface area contributed by atoms with E-state index in [-0.39, 0.29) is 0 Å². The van der Waals surface area contributed by atoms with Crippen molar-refractivity contribution in [3.8, 4) is 0 Å². The molecule has 0 aliphatic carbocycles. The molecule has 5 nitrogen and oxygen atoms in total. The number of nitrogen functional groups attached to an aromatic ring is 1. The van der Waals surface area contributed by atoms with Gasteiger partial charge in [0.05, 0.1) is 0 Å². The van der Waals surface area contributed by atoms with Crippen molar-refractivity contribution in [2.75, 3.05) is 39.1 Å². The summed E-state index contributed by atoms with van der Waals surface area (Å²) in [6.07, 6.45) is 2.02. The van der Waals surface area contributed by atoms with E-state index in [4.69, 9.17) is 10.5 Å². The zero-order valence-corrected chi connectivity index (χ0v) is 11.6. The Morgan fingerprint density at radius 1 is 1.47 bits per heavy atom. The van der Waals surface area contributed by atoms with Crippen molar-refractivity contribution in [3.05, 3.63) is 23.9 Å². The van der Waals surface area contributed by atoms with Crippen LogP contribution in [-0.4, -0.2) is 44.4 Å². The second-order valence-corrected chi connectivity index (χ2v) is 5.08. The fourth-order valence-corrected chi connectivity index (χ4v) is 2.57. The van der Waals surface area contributed by atoms with Crippen LogP contribution in [0.25, 0.3) is 0 Å². The average molecular weight is 264 g/mol. The van der Waals surface area contributed by atoms with Crippen LogP contribution in [0, 0.1) is 5.92 Å². The molecule has 19 heavy (non-hydrogen) atoms. The number of aromatic nitrogens is 1. The fraction of sp³-hybridized carbons (Fsp3) is 0.643. The Morgan fingerprint density at radius 3 is 3.16 bits per heavy atom. The van der Waals surface area contributed by atoms with Crippen molar-refractivity contribution in [3.63, 3.8) is 0 Å². The van der Waals surface area contributed by atoms with Gasteiger partial charge in [0.1, 0.15) is 5.82 Å². The van der Waals surface area contributed by atoms with Gasteiger partial charge in [-0.15, -0.1) is 0 Å². The van der Waals surface area contributed by atoms with E-state index in [1.54, 1.807) is 7.11 Å². The number of ether oxygens (including phenoxy) is 1. The van der Waals surface area contributed by atoms with Gasteiger partial charge in [-0.05, 0) is 44.0 Å². The third-order valence-corrected chi connectivity index (χ3v) is 3.57. The van der Waals surface area contributed by atoms with E-state index in [0.717, 1.165) is 44.8 Å². The van der Waals surface area contributed by atoms with Gasteiger partial charge < -0.3 is 21.1 Å². The molecule has 0 bridgehead atoms. The first-order valence-electron chi connectivity index (χ1n) is 6.94. The maximum atomic E-state index is 5.72. The molecule has 0 radical (unpaired) electrons. The molecule has 0 saturated carbocycles. The highest BCUT2D eigenvalue weighted by Gasteiger charge is 2.26. The van der Waals surface area contributed by atoms with Gasteiger partial charge >= 0.3 is 0 Å². The highest BCUT2D eigenvalue weighted by atomic mass is 16.5. The van der Waals surface area contributed by atoms with E-state index in [0.29, 0.717) is 17.8 Å². The van der Waals surface area contributed by atoms with Crippen molar-refractivity contribution < 1.29 is 4.74 Å². The zero-order valence-electron chi connectivity index (χ0n) is 11.6. The summed E-state index contributed by atoms with van der Waals surface area (Å²) in [5.74, 6) is 1.19. The molecular weight excluding hydrogens is 240 g/mol. The van der Waals surface area contributed by atoms with Gasteiger partial charge in [0.25, 0.3) is 0 Å². The Morgan fingerprint density at radius 2 is 2.37 bits per heavy atom. The summed E-state index contributed by atoms with van der Waals surface area (Å²) in [6, 6.07) is 6.37. The largest absolute Gasteiger partial charge is 0.385 e. The molecule has 1 aromatic heterocycles. The number of nitrogens with zero attached hydrogens (tertiary/aromatic N) is 1. The van der Waals surface area contributed by atoms with E-state index in [2.05, 4.69) is 21.7 Å². The molecule has 0 unspecified atom stereocenters. The minimum atomic E-state index is 0.514. The summed E-state index contributed by atoms with van der Waals surface area (Å²) in [4.78, 5) is 4.38. The topological polar surface area (TPSA) is 72.2 Å². The maximum absolute atomic E-state index is 5.72. The molecule has 5 heteroatoms. The molecular formula is C14H24N4O. The molecule has 1 fully saturated rings. The average Bonchev–Trinajstić information content (AvgIpc) is 2.82. The highest BCUT2D eigenvalue weighted by molar-refractivity contribution is 5.29. The van der Waals surface area contributed by atoms with Crippen LogP contribution in [0.3, 0.4) is 0 Å². The second-order valence-electron chi connectivity index (χ2n) is 5.08. The Balaban J connectivity index is 1.81. The normalized spacial score (nSPS) is 22.8. The van der Waals surface area contributed by atoms with Crippen molar-refractivity contribution in [2.24, 2.45) is 5.92 Å². The first-order chi connectivity index (χ1) is 9.29. The van der Waals surface area contributed by atoms with Crippen LogP contribution < -0.4 is 16.4 Å². The SMILES string of the molecule is COCCCN[C@@H]1CNC[C@@H]1Cc1cccc(N)n1. The predicted octanol–water partition coefficient (Wildman–Crippen LogP) is 0.420. The minimum absolute atomic E-state index is 0.514. The molecule has 0 spiro atoms. The smallest absolute Gasteiger partial charge is 0.123 e. The van der Waals surface area contributed by atoms with E-state index in [1.807, 2.05) is 12.1 Å². The number of hydrogen-bond donors (Lipinski definition) is 3. The molecule has 1 aliphatic heterocycles. The third-order valence-electron chi connectivity index (χ3n) is 3.57. The maximum Gasteiger partial charge on any atom is 0.123 e. The lowest BCUT2D eigenvalue weighted by Crippen LogP contribution is -2.37. The number of methoxy groups -OCH3 is 1. The number of nitrogens with one attached hydrogen (secondary N) is 2. The monoisotopic (exact) mass is 264 g/mol. The van der Waals surface area contributed by atoms with E-state index >= 15 is 0 Å². The Kier molecular flexibility index (Phi) is 5.57. The number of hydrogen-bond acceptors (Lipinski definition) is 5. The summed E-state index contributed by atoms with van der Waals surface area (Å²) in [7, 11) is 1.74. The lowest BCUT2D eigenvalue weighted by Gasteiger charge is -2.19. The number of anilines is 1. The highest BCUT2D eigenvalue weighted by Crippen LogP contribution is 2.15. The van der Waals surface area contributed by atoms with Gasteiger partial charge in [-0.1, -0.05) is 6.07 Å². The standard InChI is InChI=1S/C14H24N4O/c1-19-7-3-6-17-13-10-16-9-11(13)8-12-4-2-5-14(15)18-12/h2,4-5,11,13,16-17H,3,6-10H2,1H3,(H2,15,18)/t11-,13+/m0/s1. The van der Waals surface area contributed by atoms with Crippen molar-refractivity contribution in [1.29, 1.82) is 0 Å². The minimum Gasteiger partial charge on any atom is -0.385 e. The van der Waals surface area contributed by atoms with E-state index in [1.165, 1.54) is 0 Å². The van der Waals surface area contributed by atoms with E-state index in [9.17, 15) is 0 Å². The summed E-state index contributed by atoms with van der Waals surface area (Å²) in [6.45, 7) is 3.88. The zero-order chi connectivity index (χ0) is 13.5. The van der Waals surface area contributed by atoms with Crippen molar-refractivity contribution >= 4 is 5.82 Å². The van der Waals surface area contributed by atoms with Gasteiger partial charge in [-0.3, -0.25) is 0 Å². The van der Waals surface area contributed by atoms with Gasteiger partial charge in [-0.25, -0.2) is 4.98 Å². The molecule has 2 rings (SSSR count). The van der Waals surface area contributed by atoms with Crippen LogP contribution in [-0.2, 0) is 11.2 Å². The number of pyridine rings is 1. The molecule has 1 aromatic rings. The summed E-state index contributed by atoms with van der Waals surface area (Å²) in [5, 5.41) is 7.05. The molecule has 1 aliphatic rings. The van der Waals surface area contributed by atoms with Crippen LogP contribution in [0.4, 0.5) is 5.82 Å². The van der Waals surface area contributed by atoms with Crippen LogP contribution in [0.5, 0.6) is 0 Å². The summed E-state index contributed by atoms with van der Waals surface area (Å²) < 4.78 is 5.06. The molecule has 0 amide bonds. The number of nitrogens with two attached hydrogens (primary N) is 1. The first-order valence-corrected chi connectivity index (χ1v) is 6.94. The van der Waals surface area contributed by atoms with Crippen LogP contribution in [0.1, 0.15) is 12.1 Å². The quantitative estimate of drug-likeness (QED) is 0.623. The Hall–Kier alpha value is -1.17. The van der Waals surface area contributed by atoms with Crippen LogP contribution >= 0.6 is 0 Å². The molecule has 0 aromatic carbocycles. The molecule has 106 valence electrons. The van der Waals surface area contributed by atoms with Gasteiger partial charge in [0.15, 0.2) is 0 Å². The Bertz CT molecular complexity index is 385. The Labute approximate surface area is 114 Å². The van der Waals surface area contributed by atoms with Gasteiger partial charge in [0.2, 0.25) is 0 Å². The summed E-state index contributed by atoms with van der Waals surface area (Å²) >= 11 is 0.